The van der Waals surface area contributed by atoms with Gasteiger partial charge in [-0.1, -0.05) is 19.3 Å². The Labute approximate surface area is 101 Å². The van der Waals surface area contributed by atoms with Gasteiger partial charge in [-0.2, -0.15) is 0 Å². The Kier molecular flexibility index (Phi) is 5.11. The van der Waals surface area contributed by atoms with Crippen LogP contribution in [-0.4, -0.2) is 39.3 Å². The van der Waals surface area contributed by atoms with Crippen molar-refractivity contribution in [1.29, 1.82) is 0 Å². The predicted octanol–water partition coefficient (Wildman–Crippen LogP) is -0.0974. The second kappa shape index (κ2) is 6.61. The van der Waals surface area contributed by atoms with Gasteiger partial charge in [-0.15, -0.1) is 0 Å². The third-order valence-electron chi connectivity index (χ3n) is 4.66. The van der Waals surface area contributed by atoms with Crippen LogP contribution in [0, 0.1) is 0 Å². The summed E-state index contributed by atoms with van der Waals surface area (Å²) in [5, 5.41) is 0. The molecule has 94 valence electrons. The monoisotopic (exact) mass is 226 g/mol. The third kappa shape index (κ3) is 3.74. The molecule has 1 aliphatic heterocycles. The topological polar surface area (TPSA) is 8.88 Å². The molecule has 2 heteroatoms. The Balaban J connectivity index is 1.83. The number of quaternary nitrogens is 2. The van der Waals surface area contributed by atoms with Crippen molar-refractivity contribution in [3.05, 3.63) is 0 Å². The summed E-state index contributed by atoms with van der Waals surface area (Å²) in [7, 11) is 2.36. The van der Waals surface area contributed by atoms with E-state index in [0.29, 0.717) is 0 Å². The van der Waals surface area contributed by atoms with Crippen LogP contribution in [0.4, 0.5) is 0 Å². The Hall–Kier alpha value is -0.0800. The molecule has 0 amide bonds. The molecule has 1 heterocycles. The molecule has 2 atom stereocenters. The molecule has 0 radical (unpaired) electrons. The van der Waals surface area contributed by atoms with Gasteiger partial charge in [-0.05, 0) is 25.7 Å². The zero-order chi connectivity index (χ0) is 11.2. The van der Waals surface area contributed by atoms with E-state index in [1.54, 1.807) is 4.90 Å². The van der Waals surface area contributed by atoms with E-state index in [2.05, 4.69) is 7.05 Å². The zero-order valence-corrected chi connectivity index (χ0v) is 11.1. The lowest BCUT2D eigenvalue weighted by atomic mass is 9.95. The van der Waals surface area contributed by atoms with Gasteiger partial charge in [0.1, 0.15) is 13.1 Å². The van der Waals surface area contributed by atoms with Crippen LogP contribution < -0.4 is 9.80 Å². The molecule has 2 unspecified atom stereocenters. The molecule has 2 fully saturated rings. The third-order valence-corrected chi connectivity index (χ3v) is 4.66. The first-order chi connectivity index (χ1) is 7.86. The molecule has 16 heavy (non-hydrogen) atoms. The van der Waals surface area contributed by atoms with Gasteiger partial charge in [0, 0.05) is 6.42 Å². The first kappa shape index (κ1) is 12.4. The molecular formula is C14H30N2+2. The standard InChI is InChI=1S/C14H28N2/c1-15-10-7-11-16(13-12-15)14-8-5-3-2-4-6-9-14/h14H,2-13H2,1H3/p+2. The highest BCUT2D eigenvalue weighted by Gasteiger charge is 2.25. The zero-order valence-electron chi connectivity index (χ0n) is 11.1. The van der Waals surface area contributed by atoms with E-state index in [0.717, 1.165) is 6.04 Å². The van der Waals surface area contributed by atoms with Crippen LogP contribution in [0.25, 0.3) is 0 Å². The van der Waals surface area contributed by atoms with Gasteiger partial charge in [-0.3, -0.25) is 0 Å². The summed E-state index contributed by atoms with van der Waals surface area (Å²) in [6.45, 7) is 5.67. The molecule has 0 bridgehead atoms. The Bertz CT molecular complexity index is 182. The van der Waals surface area contributed by atoms with Crippen LogP contribution in [0.5, 0.6) is 0 Å². The van der Waals surface area contributed by atoms with Crippen LogP contribution in [0.3, 0.4) is 0 Å². The van der Waals surface area contributed by atoms with E-state index in [-0.39, 0.29) is 0 Å². The lowest BCUT2D eigenvalue weighted by molar-refractivity contribution is -0.947. The molecule has 1 aliphatic carbocycles. The minimum atomic E-state index is 1.01. The van der Waals surface area contributed by atoms with Gasteiger partial charge < -0.3 is 9.80 Å². The van der Waals surface area contributed by atoms with Crippen molar-refractivity contribution in [2.75, 3.05) is 33.2 Å². The van der Waals surface area contributed by atoms with Crippen molar-refractivity contribution in [1.82, 2.24) is 0 Å². The van der Waals surface area contributed by atoms with Crippen molar-refractivity contribution in [3.63, 3.8) is 0 Å². The smallest absolute Gasteiger partial charge is 0.127 e. The van der Waals surface area contributed by atoms with E-state index in [1.165, 1.54) is 77.5 Å². The Morgan fingerprint density at radius 2 is 1.38 bits per heavy atom. The fourth-order valence-electron chi connectivity index (χ4n) is 3.51. The number of nitrogens with one attached hydrogen (secondary N) is 2. The Morgan fingerprint density at radius 3 is 2.12 bits per heavy atom. The fourth-order valence-corrected chi connectivity index (χ4v) is 3.51. The number of hydrogen-bond donors (Lipinski definition) is 2. The van der Waals surface area contributed by atoms with Crippen molar-refractivity contribution in [2.24, 2.45) is 0 Å². The lowest BCUT2D eigenvalue weighted by Gasteiger charge is -2.28. The minimum absolute atomic E-state index is 1.01. The summed E-state index contributed by atoms with van der Waals surface area (Å²) in [5.74, 6) is 0. The molecule has 2 rings (SSSR count). The van der Waals surface area contributed by atoms with Crippen LogP contribution in [0.2, 0.25) is 0 Å². The van der Waals surface area contributed by atoms with Crippen molar-refractivity contribution in [2.45, 2.75) is 57.4 Å². The lowest BCUT2D eigenvalue weighted by Crippen LogP contribution is -3.19. The van der Waals surface area contributed by atoms with E-state index in [9.17, 15) is 0 Å². The van der Waals surface area contributed by atoms with Gasteiger partial charge >= 0.3 is 0 Å². The highest BCUT2D eigenvalue weighted by molar-refractivity contribution is 4.62. The van der Waals surface area contributed by atoms with Crippen molar-refractivity contribution < 1.29 is 9.80 Å². The van der Waals surface area contributed by atoms with Gasteiger partial charge in [-0.25, -0.2) is 0 Å². The van der Waals surface area contributed by atoms with Crippen molar-refractivity contribution >= 4 is 0 Å². The second-order valence-electron chi connectivity index (χ2n) is 6.01. The molecule has 0 aromatic rings. The summed E-state index contributed by atoms with van der Waals surface area (Å²) in [6, 6.07) is 1.01. The SMILES string of the molecule is C[NH+]1CCC[NH+](C2CCCCCCC2)CC1. The summed E-state index contributed by atoms with van der Waals surface area (Å²) >= 11 is 0. The molecule has 2 aliphatic rings. The van der Waals surface area contributed by atoms with Crippen LogP contribution >= 0.6 is 0 Å². The van der Waals surface area contributed by atoms with E-state index < -0.39 is 0 Å². The number of likely N-dealkylation sites (N-methyl/N-ethyl adjacent to an activating group) is 1. The maximum atomic E-state index is 2.36. The molecular weight excluding hydrogens is 196 g/mol. The molecule has 1 saturated carbocycles. The normalized spacial score (nSPS) is 35.1. The summed E-state index contributed by atoms with van der Waals surface area (Å²) in [6.07, 6.45) is 11.9. The van der Waals surface area contributed by atoms with Crippen LogP contribution in [0.15, 0.2) is 0 Å². The maximum absolute atomic E-state index is 2.36. The quantitative estimate of drug-likeness (QED) is 0.618. The highest BCUT2D eigenvalue weighted by atomic mass is 15.2. The van der Waals surface area contributed by atoms with Gasteiger partial charge in [0.25, 0.3) is 0 Å². The van der Waals surface area contributed by atoms with Crippen molar-refractivity contribution in [3.8, 4) is 0 Å². The second-order valence-corrected chi connectivity index (χ2v) is 6.01. The molecule has 2 N–H and O–H groups in total. The van der Waals surface area contributed by atoms with Gasteiger partial charge in [0.05, 0.1) is 26.2 Å². The minimum Gasteiger partial charge on any atom is -0.333 e. The highest BCUT2D eigenvalue weighted by Crippen LogP contribution is 2.15. The van der Waals surface area contributed by atoms with Crippen LogP contribution in [0.1, 0.15) is 51.4 Å². The average molecular weight is 226 g/mol. The van der Waals surface area contributed by atoms with Gasteiger partial charge in [0.15, 0.2) is 0 Å². The largest absolute Gasteiger partial charge is 0.333 e. The summed E-state index contributed by atoms with van der Waals surface area (Å²) < 4.78 is 0. The first-order valence-electron chi connectivity index (χ1n) is 7.52. The molecule has 0 aromatic carbocycles. The van der Waals surface area contributed by atoms with E-state index in [4.69, 9.17) is 0 Å². The van der Waals surface area contributed by atoms with Gasteiger partial charge in [0.2, 0.25) is 0 Å². The average Bonchev–Trinajstić information content (AvgIpc) is 2.43. The molecule has 2 nitrogen and oxygen atoms in total. The predicted molar refractivity (Wildman–Crippen MR) is 68.0 cm³/mol. The van der Waals surface area contributed by atoms with E-state index in [1.807, 2.05) is 4.90 Å². The number of hydrogen-bond acceptors (Lipinski definition) is 0. The summed E-state index contributed by atoms with van der Waals surface area (Å²) in [4.78, 5) is 3.69. The number of rotatable bonds is 1. The fraction of sp³-hybridized carbons (Fsp3) is 1.00. The summed E-state index contributed by atoms with van der Waals surface area (Å²) in [5.41, 5.74) is 0. The maximum Gasteiger partial charge on any atom is 0.127 e. The van der Waals surface area contributed by atoms with E-state index >= 15 is 0 Å². The molecule has 0 spiro atoms. The molecule has 0 aromatic heterocycles. The first-order valence-corrected chi connectivity index (χ1v) is 7.52. The molecule has 1 saturated heterocycles. The Morgan fingerprint density at radius 1 is 0.688 bits per heavy atom. The van der Waals surface area contributed by atoms with Crippen LogP contribution in [-0.2, 0) is 0 Å².